The number of hydrogen-bond acceptors (Lipinski definition) is 2. The molecule has 0 fully saturated rings. The minimum atomic E-state index is -0.0391. The van der Waals surface area contributed by atoms with Crippen molar-refractivity contribution in [2.45, 2.75) is 19.8 Å². The quantitative estimate of drug-likeness (QED) is 0.903. The van der Waals surface area contributed by atoms with E-state index >= 15 is 0 Å². The van der Waals surface area contributed by atoms with Gasteiger partial charge in [0.1, 0.15) is 5.75 Å². The normalized spacial score (nSPS) is 10.1. The lowest BCUT2D eigenvalue weighted by Gasteiger charge is -2.09. The van der Waals surface area contributed by atoms with Crippen LogP contribution in [0.15, 0.2) is 48.5 Å². The topological polar surface area (TPSA) is 38.3 Å². The van der Waals surface area contributed by atoms with Gasteiger partial charge in [-0.05, 0) is 30.2 Å². The molecule has 0 bridgehead atoms. The molecule has 104 valence electrons. The number of para-hydroxylation sites is 1. The summed E-state index contributed by atoms with van der Waals surface area (Å²) in [5.74, 6) is 0.702. The summed E-state index contributed by atoms with van der Waals surface area (Å²) >= 11 is 0. The second-order valence-electron chi connectivity index (χ2n) is 4.59. The molecule has 1 amide bonds. The van der Waals surface area contributed by atoms with Crippen molar-refractivity contribution in [3.63, 3.8) is 0 Å². The predicted molar refractivity (Wildman–Crippen MR) is 81.1 cm³/mol. The first-order valence-corrected chi connectivity index (χ1v) is 6.73. The zero-order chi connectivity index (χ0) is 14.4. The van der Waals surface area contributed by atoms with Crippen molar-refractivity contribution in [1.29, 1.82) is 0 Å². The van der Waals surface area contributed by atoms with Gasteiger partial charge in [-0.25, -0.2) is 0 Å². The zero-order valence-electron chi connectivity index (χ0n) is 11.8. The molecule has 0 radical (unpaired) electrons. The fourth-order valence-corrected chi connectivity index (χ4v) is 2.10. The lowest BCUT2D eigenvalue weighted by atomic mass is 10.1. The summed E-state index contributed by atoms with van der Waals surface area (Å²) in [6, 6.07) is 15.5. The number of carbonyl (C=O) groups is 1. The van der Waals surface area contributed by atoms with Gasteiger partial charge in [0.15, 0.2) is 0 Å². The zero-order valence-corrected chi connectivity index (χ0v) is 11.8. The first kappa shape index (κ1) is 14.1. The van der Waals surface area contributed by atoms with E-state index in [0.717, 1.165) is 23.4 Å². The summed E-state index contributed by atoms with van der Waals surface area (Å²) in [5.41, 5.74) is 2.93. The minimum absolute atomic E-state index is 0.0391. The Labute approximate surface area is 119 Å². The number of anilines is 1. The minimum Gasteiger partial charge on any atom is -0.496 e. The SMILES string of the molecule is CCc1cccc(NC(=O)Cc2ccccc2OC)c1. The molecule has 0 aliphatic heterocycles. The van der Waals surface area contributed by atoms with Crippen LogP contribution >= 0.6 is 0 Å². The van der Waals surface area contributed by atoms with E-state index in [-0.39, 0.29) is 5.91 Å². The fourth-order valence-electron chi connectivity index (χ4n) is 2.10. The van der Waals surface area contributed by atoms with E-state index in [1.165, 1.54) is 5.56 Å². The number of carbonyl (C=O) groups excluding carboxylic acids is 1. The van der Waals surface area contributed by atoms with Crippen LogP contribution < -0.4 is 10.1 Å². The van der Waals surface area contributed by atoms with Crippen molar-refractivity contribution >= 4 is 11.6 Å². The molecule has 3 nitrogen and oxygen atoms in total. The van der Waals surface area contributed by atoms with Gasteiger partial charge in [0.05, 0.1) is 13.5 Å². The molecule has 0 saturated heterocycles. The molecule has 1 N–H and O–H groups in total. The van der Waals surface area contributed by atoms with Crippen molar-refractivity contribution in [2.24, 2.45) is 0 Å². The molecule has 3 heteroatoms. The average molecular weight is 269 g/mol. The molecule has 2 aromatic rings. The summed E-state index contributed by atoms with van der Waals surface area (Å²) in [5, 5.41) is 2.92. The van der Waals surface area contributed by atoms with E-state index in [2.05, 4.69) is 18.3 Å². The van der Waals surface area contributed by atoms with Crippen LogP contribution in [0.3, 0.4) is 0 Å². The maximum atomic E-state index is 12.1. The van der Waals surface area contributed by atoms with E-state index < -0.39 is 0 Å². The van der Waals surface area contributed by atoms with E-state index in [9.17, 15) is 4.79 Å². The van der Waals surface area contributed by atoms with Crippen molar-refractivity contribution in [1.82, 2.24) is 0 Å². The molecule has 0 aliphatic rings. The Bertz CT molecular complexity index is 593. The molecule has 0 saturated carbocycles. The van der Waals surface area contributed by atoms with Crippen molar-refractivity contribution in [2.75, 3.05) is 12.4 Å². The van der Waals surface area contributed by atoms with Gasteiger partial charge in [-0.1, -0.05) is 37.3 Å². The summed E-state index contributed by atoms with van der Waals surface area (Å²) < 4.78 is 5.25. The van der Waals surface area contributed by atoms with Crippen LogP contribution in [0.2, 0.25) is 0 Å². The molecular weight excluding hydrogens is 250 g/mol. The van der Waals surface area contributed by atoms with Gasteiger partial charge in [-0.15, -0.1) is 0 Å². The summed E-state index contributed by atoms with van der Waals surface area (Å²) in [6.07, 6.45) is 1.26. The molecule has 0 aliphatic carbocycles. The van der Waals surface area contributed by atoms with Gasteiger partial charge in [0.2, 0.25) is 5.91 Å². The number of methoxy groups -OCH3 is 1. The van der Waals surface area contributed by atoms with Gasteiger partial charge in [-0.2, -0.15) is 0 Å². The Morgan fingerprint density at radius 1 is 1.15 bits per heavy atom. The van der Waals surface area contributed by atoms with E-state index in [1.54, 1.807) is 7.11 Å². The standard InChI is InChI=1S/C17H19NO2/c1-3-13-7-6-9-15(11-13)18-17(19)12-14-8-4-5-10-16(14)20-2/h4-11H,3,12H2,1-2H3,(H,18,19). The third-order valence-corrected chi connectivity index (χ3v) is 3.16. The van der Waals surface area contributed by atoms with Crippen molar-refractivity contribution in [3.8, 4) is 5.75 Å². The lowest BCUT2D eigenvalue weighted by Crippen LogP contribution is -2.15. The number of benzene rings is 2. The van der Waals surface area contributed by atoms with Crippen LogP contribution in [0.1, 0.15) is 18.1 Å². The van der Waals surface area contributed by atoms with Gasteiger partial charge < -0.3 is 10.1 Å². The number of rotatable bonds is 5. The second-order valence-corrected chi connectivity index (χ2v) is 4.59. The molecule has 2 aromatic carbocycles. The molecule has 0 atom stereocenters. The summed E-state index contributed by atoms with van der Waals surface area (Å²) in [7, 11) is 1.61. The lowest BCUT2D eigenvalue weighted by molar-refractivity contribution is -0.115. The highest BCUT2D eigenvalue weighted by Crippen LogP contribution is 2.18. The number of ether oxygens (including phenoxy) is 1. The van der Waals surface area contributed by atoms with Crippen molar-refractivity contribution in [3.05, 3.63) is 59.7 Å². The molecule has 0 spiro atoms. The number of aryl methyl sites for hydroxylation is 1. The summed E-state index contributed by atoms with van der Waals surface area (Å²) in [4.78, 5) is 12.1. The molecular formula is C17H19NO2. The smallest absolute Gasteiger partial charge is 0.228 e. The maximum Gasteiger partial charge on any atom is 0.228 e. The third-order valence-electron chi connectivity index (χ3n) is 3.16. The molecule has 20 heavy (non-hydrogen) atoms. The Balaban J connectivity index is 2.05. The van der Waals surface area contributed by atoms with Crippen LogP contribution in [0.25, 0.3) is 0 Å². The van der Waals surface area contributed by atoms with Gasteiger partial charge in [0, 0.05) is 11.3 Å². The first-order chi connectivity index (χ1) is 9.72. The van der Waals surface area contributed by atoms with E-state index in [1.807, 2.05) is 42.5 Å². The van der Waals surface area contributed by atoms with Crippen molar-refractivity contribution < 1.29 is 9.53 Å². The Morgan fingerprint density at radius 2 is 1.95 bits per heavy atom. The Kier molecular flexibility index (Phi) is 4.77. The average Bonchev–Trinajstić information content (AvgIpc) is 2.48. The number of nitrogens with one attached hydrogen (secondary N) is 1. The van der Waals surface area contributed by atoms with Crippen LogP contribution in [-0.4, -0.2) is 13.0 Å². The number of hydrogen-bond donors (Lipinski definition) is 1. The first-order valence-electron chi connectivity index (χ1n) is 6.73. The molecule has 2 rings (SSSR count). The van der Waals surface area contributed by atoms with Gasteiger partial charge >= 0.3 is 0 Å². The monoisotopic (exact) mass is 269 g/mol. The highest BCUT2D eigenvalue weighted by molar-refractivity contribution is 5.92. The van der Waals surface area contributed by atoms with Crippen LogP contribution in [-0.2, 0) is 17.6 Å². The van der Waals surface area contributed by atoms with Crippen LogP contribution in [0, 0.1) is 0 Å². The Morgan fingerprint density at radius 3 is 2.70 bits per heavy atom. The molecule has 0 aromatic heterocycles. The largest absolute Gasteiger partial charge is 0.496 e. The van der Waals surface area contributed by atoms with Crippen LogP contribution in [0.4, 0.5) is 5.69 Å². The molecule has 0 unspecified atom stereocenters. The highest BCUT2D eigenvalue weighted by atomic mass is 16.5. The van der Waals surface area contributed by atoms with Gasteiger partial charge in [-0.3, -0.25) is 4.79 Å². The van der Waals surface area contributed by atoms with E-state index in [4.69, 9.17) is 4.74 Å². The van der Waals surface area contributed by atoms with Gasteiger partial charge in [0.25, 0.3) is 0 Å². The maximum absolute atomic E-state index is 12.1. The van der Waals surface area contributed by atoms with Crippen LogP contribution in [0.5, 0.6) is 5.75 Å². The van der Waals surface area contributed by atoms with E-state index in [0.29, 0.717) is 6.42 Å². The molecule has 0 heterocycles. The highest BCUT2D eigenvalue weighted by Gasteiger charge is 2.08. The number of amides is 1. The third kappa shape index (κ3) is 3.60. The predicted octanol–water partition coefficient (Wildman–Crippen LogP) is 3.44. The summed E-state index contributed by atoms with van der Waals surface area (Å²) in [6.45, 7) is 2.09. The fraction of sp³-hybridized carbons (Fsp3) is 0.235. The second kappa shape index (κ2) is 6.75. The Hall–Kier alpha value is -2.29.